The number of hydrogen-bond acceptors (Lipinski definition) is 5. The molecule has 1 saturated carbocycles. The molecule has 34 heavy (non-hydrogen) atoms. The number of urea groups is 1. The second kappa shape index (κ2) is 9.76. The van der Waals surface area contributed by atoms with Crippen LogP contribution in [0.2, 0.25) is 0 Å². The zero-order valence-electron chi connectivity index (χ0n) is 19.9. The van der Waals surface area contributed by atoms with Crippen LogP contribution in [0.5, 0.6) is 0 Å². The molecule has 2 amide bonds. The molecule has 1 aromatic heterocycles. The number of anilines is 2. The summed E-state index contributed by atoms with van der Waals surface area (Å²) < 4.78 is 0. The van der Waals surface area contributed by atoms with Crippen LogP contribution in [0, 0.1) is 0 Å². The largest absolute Gasteiger partial charge is 0.369 e. The van der Waals surface area contributed by atoms with E-state index in [0.29, 0.717) is 11.7 Å². The Labute approximate surface area is 205 Å². The van der Waals surface area contributed by atoms with Crippen LogP contribution in [0.15, 0.2) is 53.9 Å². The van der Waals surface area contributed by atoms with Gasteiger partial charge in [-0.25, -0.2) is 9.78 Å². The maximum absolute atomic E-state index is 12.5. The molecule has 3 aromatic rings. The average molecular weight is 476 g/mol. The third-order valence-corrected chi connectivity index (χ3v) is 7.68. The molecule has 1 saturated heterocycles. The summed E-state index contributed by atoms with van der Waals surface area (Å²) in [4.78, 5) is 19.6. The van der Waals surface area contributed by atoms with Crippen LogP contribution >= 0.6 is 11.3 Å². The van der Waals surface area contributed by atoms with Gasteiger partial charge in [-0.2, -0.15) is 0 Å². The molecule has 3 N–H and O–H groups in total. The van der Waals surface area contributed by atoms with E-state index in [1.807, 2.05) is 5.38 Å². The number of aromatic nitrogens is 1. The number of thiazole rings is 1. The SMILES string of the molecule is CC(C)(c1ccc(C2CC2)cc1)c1csc(NC(=O)NCc2ccc(N3CCNCC3)cc2)n1. The highest BCUT2D eigenvalue weighted by molar-refractivity contribution is 7.13. The molecule has 0 bridgehead atoms. The van der Waals surface area contributed by atoms with Gasteiger partial charge in [-0.1, -0.05) is 50.2 Å². The number of amides is 2. The van der Waals surface area contributed by atoms with E-state index < -0.39 is 0 Å². The summed E-state index contributed by atoms with van der Waals surface area (Å²) >= 11 is 1.46. The number of carbonyl (C=O) groups excluding carboxylic acids is 1. The second-order valence-corrected chi connectivity index (χ2v) is 10.6. The molecule has 7 heteroatoms. The first-order valence-electron chi connectivity index (χ1n) is 12.1. The summed E-state index contributed by atoms with van der Waals surface area (Å²) in [5.41, 5.74) is 5.73. The number of carbonyl (C=O) groups is 1. The van der Waals surface area contributed by atoms with Crippen LogP contribution in [0.4, 0.5) is 15.6 Å². The van der Waals surface area contributed by atoms with Gasteiger partial charge in [-0.05, 0) is 47.6 Å². The van der Waals surface area contributed by atoms with E-state index in [1.165, 1.54) is 41.0 Å². The Bertz CT molecular complexity index is 1110. The topological polar surface area (TPSA) is 69.3 Å². The predicted octanol–water partition coefficient (Wildman–Crippen LogP) is 5.08. The standard InChI is InChI=1S/C27H33N5OS/c1-27(2,22-9-7-21(8-10-22)20-5-6-20)24-18-34-26(30-24)31-25(33)29-17-19-3-11-23(12-4-19)32-15-13-28-14-16-32/h3-4,7-12,18,20,28H,5-6,13-17H2,1-2H3,(H2,29,30,31,33). The first-order valence-corrected chi connectivity index (χ1v) is 13.0. The van der Waals surface area contributed by atoms with Gasteiger partial charge < -0.3 is 15.5 Å². The number of rotatable bonds is 7. The smallest absolute Gasteiger partial charge is 0.321 e. The third kappa shape index (κ3) is 5.26. The van der Waals surface area contributed by atoms with E-state index in [1.54, 1.807) is 0 Å². The van der Waals surface area contributed by atoms with E-state index in [4.69, 9.17) is 4.98 Å². The van der Waals surface area contributed by atoms with Gasteiger partial charge >= 0.3 is 6.03 Å². The van der Waals surface area contributed by atoms with E-state index in [-0.39, 0.29) is 11.4 Å². The number of benzene rings is 2. The fourth-order valence-electron chi connectivity index (χ4n) is 4.43. The minimum absolute atomic E-state index is 0.221. The fourth-order valence-corrected chi connectivity index (χ4v) is 5.30. The summed E-state index contributed by atoms with van der Waals surface area (Å²) in [5, 5.41) is 11.9. The number of piperazine rings is 1. The summed E-state index contributed by atoms with van der Waals surface area (Å²) in [5.74, 6) is 0.760. The lowest BCUT2D eigenvalue weighted by Gasteiger charge is -2.29. The van der Waals surface area contributed by atoms with Gasteiger partial charge in [-0.15, -0.1) is 11.3 Å². The van der Waals surface area contributed by atoms with Crippen LogP contribution in [-0.4, -0.2) is 37.2 Å². The van der Waals surface area contributed by atoms with Gasteiger partial charge in [0, 0.05) is 49.2 Å². The van der Waals surface area contributed by atoms with Crippen molar-refractivity contribution in [1.29, 1.82) is 0 Å². The highest BCUT2D eigenvalue weighted by Crippen LogP contribution is 2.41. The Morgan fingerprint density at radius 2 is 1.79 bits per heavy atom. The Morgan fingerprint density at radius 3 is 2.47 bits per heavy atom. The lowest BCUT2D eigenvalue weighted by Crippen LogP contribution is -2.43. The van der Waals surface area contributed by atoms with Crippen molar-refractivity contribution in [1.82, 2.24) is 15.6 Å². The summed E-state index contributed by atoms with van der Waals surface area (Å²) in [6, 6.07) is 17.1. The average Bonchev–Trinajstić information content (AvgIpc) is 3.62. The molecule has 5 rings (SSSR count). The Hall–Kier alpha value is -2.90. The monoisotopic (exact) mass is 475 g/mol. The van der Waals surface area contributed by atoms with Crippen LogP contribution in [0.25, 0.3) is 0 Å². The third-order valence-electron chi connectivity index (χ3n) is 6.92. The van der Waals surface area contributed by atoms with Gasteiger partial charge in [-0.3, -0.25) is 5.32 Å². The minimum atomic E-state index is -0.237. The maximum Gasteiger partial charge on any atom is 0.321 e. The molecular weight excluding hydrogens is 442 g/mol. The van der Waals surface area contributed by atoms with Crippen molar-refractivity contribution in [3.63, 3.8) is 0 Å². The van der Waals surface area contributed by atoms with Crippen molar-refractivity contribution in [2.75, 3.05) is 36.4 Å². The van der Waals surface area contributed by atoms with Crippen LogP contribution in [0.3, 0.4) is 0 Å². The summed E-state index contributed by atoms with van der Waals surface area (Å²) in [6.07, 6.45) is 2.63. The first-order chi connectivity index (χ1) is 16.5. The van der Waals surface area contributed by atoms with Crippen molar-refractivity contribution in [3.8, 4) is 0 Å². The molecule has 178 valence electrons. The minimum Gasteiger partial charge on any atom is -0.369 e. The quantitative estimate of drug-likeness (QED) is 0.446. The van der Waals surface area contributed by atoms with Gasteiger partial charge in [0.2, 0.25) is 0 Å². The van der Waals surface area contributed by atoms with Crippen molar-refractivity contribution >= 4 is 28.2 Å². The van der Waals surface area contributed by atoms with Gasteiger partial charge in [0.1, 0.15) is 0 Å². The molecule has 2 heterocycles. The van der Waals surface area contributed by atoms with Crippen molar-refractivity contribution in [3.05, 3.63) is 76.3 Å². The van der Waals surface area contributed by atoms with Crippen molar-refractivity contribution in [2.24, 2.45) is 0 Å². The highest BCUT2D eigenvalue weighted by atomic mass is 32.1. The van der Waals surface area contributed by atoms with Gasteiger partial charge in [0.05, 0.1) is 5.69 Å². The fraction of sp³-hybridized carbons (Fsp3) is 0.407. The second-order valence-electron chi connectivity index (χ2n) is 9.77. The molecule has 0 atom stereocenters. The van der Waals surface area contributed by atoms with E-state index in [9.17, 15) is 4.79 Å². The Balaban J connectivity index is 1.14. The maximum atomic E-state index is 12.5. The molecule has 6 nitrogen and oxygen atoms in total. The first kappa shape index (κ1) is 22.9. The highest BCUT2D eigenvalue weighted by Gasteiger charge is 2.28. The Kier molecular flexibility index (Phi) is 6.57. The van der Waals surface area contributed by atoms with Crippen LogP contribution in [0.1, 0.15) is 55.0 Å². The predicted molar refractivity (Wildman–Crippen MR) is 140 cm³/mol. The molecule has 2 aliphatic rings. The van der Waals surface area contributed by atoms with Crippen molar-refractivity contribution < 1.29 is 4.79 Å². The van der Waals surface area contributed by atoms with Crippen LogP contribution < -0.4 is 20.9 Å². The molecule has 1 aliphatic carbocycles. The lowest BCUT2D eigenvalue weighted by atomic mass is 9.81. The van der Waals surface area contributed by atoms with Gasteiger partial charge in [0.25, 0.3) is 0 Å². The molecular formula is C27H33N5OS. The zero-order valence-corrected chi connectivity index (χ0v) is 20.8. The molecule has 0 unspecified atom stereocenters. The number of hydrogen-bond donors (Lipinski definition) is 3. The Morgan fingerprint density at radius 1 is 1.09 bits per heavy atom. The van der Waals surface area contributed by atoms with Crippen LogP contribution in [-0.2, 0) is 12.0 Å². The molecule has 0 radical (unpaired) electrons. The normalized spacial score (nSPS) is 16.4. The van der Waals surface area contributed by atoms with E-state index in [2.05, 4.69) is 83.2 Å². The number of nitrogens with zero attached hydrogens (tertiary/aromatic N) is 2. The molecule has 2 fully saturated rings. The molecule has 0 spiro atoms. The molecule has 1 aliphatic heterocycles. The van der Waals surface area contributed by atoms with Gasteiger partial charge in [0.15, 0.2) is 5.13 Å². The summed E-state index contributed by atoms with van der Waals surface area (Å²) in [6.45, 7) is 8.93. The zero-order chi connectivity index (χ0) is 23.5. The molecule has 2 aromatic carbocycles. The van der Waals surface area contributed by atoms with E-state index >= 15 is 0 Å². The van der Waals surface area contributed by atoms with E-state index in [0.717, 1.165) is 43.4 Å². The summed E-state index contributed by atoms with van der Waals surface area (Å²) in [7, 11) is 0. The lowest BCUT2D eigenvalue weighted by molar-refractivity contribution is 0.251. The number of nitrogens with one attached hydrogen (secondary N) is 3. The van der Waals surface area contributed by atoms with Crippen molar-refractivity contribution in [2.45, 2.75) is 44.6 Å².